The summed E-state index contributed by atoms with van der Waals surface area (Å²) in [5.74, 6) is 0. The van der Waals surface area contributed by atoms with Crippen LogP contribution in [0.25, 0.3) is 5.57 Å². The topological polar surface area (TPSA) is 75.9 Å². The molecule has 2 aromatic carbocycles. The highest BCUT2D eigenvalue weighted by molar-refractivity contribution is 6.08. The number of nitrogen functional groups attached to an aromatic ring is 2. The van der Waals surface area contributed by atoms with Gasteiger partial charge in [-0.25, -0.2) is 0 Å². The Morgan fingerprint density at radius 2 is 1.25 bits per heavy atom. The van der Waals surface area contributed by atoms with E-state index in [-0.39, 0.29) is 12.4 Å². The van der Waals surface area contributed by atoms with Crippen molar-refractivity contribution in [2.24, 2.45) is 0 Å². The maximum absolute atomic E-state index is 7.88. The van der Waals surface area contributed by atoms with Crippen LogP contribution in [0.3, 0.4) is 0 Å². The van der Waals surface area contributed by atoms with Gasteiger partial charge in [0.2, 0.25) is 0 Å². The second kappa shape index (κ2) is 7.20. The van der Waals surface area contributed by atoms with Gasteiger partial charge >= 0.3 is 0 Å². The number of halogens is 1. The largest absolute Gasteiger partial charge is 0.399 e. The van der Waals surface area contributed by atoms with E-state index in [0.717, 1.165) is 39.2 Å². The predicted octanol–water partition coefficient (Wildman–Crippen LogP) is 4.88. The van der Waals surface area contributed by atoms with Crippen LogP contribution in [0.1, 0.15) is 18.1 Å². The van der Waals surface area contributed by atoms with Crippen molar-refractivity contribution in [2.45, 2.75) is 6.92 Å². The van der Waals surface area contributed by atoms with E-state index in [9.17, 15) is 0 Å². The van der Waals surface area contributed by atoms with Gasteiger partial charge in [0.25, 0.3) is 0 Å². The smallest absolute Gasteiger partial charge is 0.0569 e. The lowest BCUT2D eigenvalue weighted by Gasteiger charge is -2.16. The zero-order chi connectivity index (χ0) is 16.4. The van der Waals surface area contributed by atoms with Gasteiger partial charge in [0.1, 0.15) is 0 Å². The molecule has 121 valence electrons. The van der Waals surface area contributed by atoms with Crippen LogP contribution in [0, 0.1) is 5.41 Å². The molecular formula is C20H19ClN3. The summed E-state index contributed by atoms with van der Waals surface area (Å²) < 4.78 is 0. The zero-order valence-electron chi connectivity index (χ0n) is 13.4. The molecule has 0 bridgehead atoms. The molecule has 0 atom stereocenters. The summed E-state index contributed by atoms with van der Waals surface area (Å²) in [7, 11) is 0. The van der Waals surface area contributed by atoms with Crippen molar-refractivity contribution < 1.29 is 0 Å². The van der Waals surface area contributed by atoms with E-state index in [1.54, 1.807) is 0 Å². The van der Waals surface area contributed by atoms with E-state index in [0.29, 0.717) is 5.71 Å². The molecule has 3 nitrogen and oxygen atoms in total. The summed E-state index contributed by atoms with van der Waals surface area (Å²) in [6, 6.07) is 15.7. The lowest BCUT2D eigenvalue weighted by atomic mass is 9.89. The molecule has 2 aromatic rings. The van der Waals surface area contributed by atoms with Crippen molar-refractivity contribution in [2.75, 3.05) is 11.5 Å². The molecule has 24 heavy (non-hydrogen) atoms. The predicted molar refractivity (Wildman–Crippen MR) is 104 cm³/mol. The minimum absolute atomic E-state index is 0. The number of rotatable bonds is 2. The van der Waals surface area contributed by atoms with E-state index in [2.05, 4.69) is 0 Å². The number of hydrogen-bond donors (Lipinski definition) is 3. The van der Waals surface area contributed by atoms with Crippen molar-refractivity contribution in [3.63, 3.8) is 0 Å². The Morgan fingerprint density at radius 1 is 0.792 bits per heavy atom. The molecule has 3 rings (SSSR count). The van der Waals surface area contributed by atoms with E-state index in [4.69, 9.17) is 16.9 Å². The molecule has 0 amide bonds. The summed E-state index contributed by atoms with van der Waals surface area (Å²) in [4.78, 5) is 0. The molecule has 1 aliphatic rings. The molecule has 0 aromatic heterocycles. The van der Waals surface area contributed by atoms with Crippen LogP contribution >= 0.6 is 12.4 Å². The third-order valence-corrected chi connectivity index (χ3v) is 3.91. The van der Waals surface area contributed by atoms with Crippen molar-refractivity contribution >= 4 is 35.1 Å². The SMILES string of the molecule is CC1=CC(=C(c2ccc(N)cc2)c2ccc(N)cc2)C=CC1=N.[Cl]. The van der Waals surface area contributed by atoms with Gasteiger partial charge in [-0.15, -0.1) is 0 Å². The maximum Gasteiger partial charge on any atom is 0.0569 e. The van der Waals surface area contributed by atoms with E-state index >= 15 is 0 Å². The first-order valence-electron chi connectivity index (χ1n) is 7.46. The molecule has 0 unspecified atom stereocenters. The molecule has 0 fully saturated rings. The van der Waals surface area contributed by atoms with Crippen LogP contribution in [-0.4, -0.2) is 5.71 Å². The molecule has 1 radical (unpaired) electrons. The number of benzene rings is 2. The Bertz CT molecular complexity index is 794. The molecule has 1 aliphatic carbocycles. The van der Waals surface area contributed by atoms with Gasteiger partial charge < -0.3 is 16.9 Å². The third-order valence-electron chi connectivity index (χ3n) is 3.91. The van der Waals surface area contributed by atoms with Crippen LogP contribution in [0.4, 0.5) is 11.4 Å². The first kappa shape index (κ1) is 17.6. The first-order valence-corrected chi connectivity index (χ1v) is 7.46. The highest BCUT2D eigenvalue weighted by Gasteiger charge is 2.12. The highest BCUT2D eigenvalue weighted by Crippen LogP contribution is 2.31. The summed E-state index contributed by atoms with van der Waals surface area (Å²) in [6.07, 6.45) is 5.86. The van der Waals surface area contributed by atoms with E-state index < -0.39 is 0 Å². The number of nitrogens with two attached hydrogens (primary N) is 2. The maximum atomic E-state index is 7.88. The Morgan fingerprint density at radius 3 is 1.67 bits per heavy atom. The Labute approximate surface area is 148 Å². The molecule has 0 saturated heterocycles. The Hall–Kier alpha value is -2.78. The van der Waals surface area contributed by atoms with Crippen LogP contribution < -0.4 is 11.5 Å². The number of allylic oxidation sites excluding steroid dienone is 5. The molecule has 4 heteroatoms. The van der Waals surface area contributed by atoms with Gasteiger partial charge in [-0.2, -0.15) is 0 Å². The summed E-state index contributed by atoms with van der Waals surface area (Å²) >= 11 is 0. The monoisotopic (exact) mass is 336 g/mol. The molecule has 0 aliphatic heterocycles. The fourth-order valence-corrected chi connectivity index (χ4v) is 2.62. The summed E-state index contributed by atoms with van der Waals surface area (Å²) in [5.41, 5.74) is 19.0. The minimum atomic E-state index is 0. The lowest BCUT2D eigenvalue weighted by molar-refractivity contribution is 1.41. The van der Waals surface area contributed by atoms with Crippen LogP contribution in [0.5, 0.6) is 0 Å². The fraction of sp³-hybridized carbons (Fsp3) is 0.0500. The van der Waals surface area contributed by atoms with Gasteiger partial charge in [0.05, 0.1) is 5.71 Å². The van der Waals surface area contributed by atoms with Crippen LogP contribution in [0.2, 0.25) is 0 Å². The zero-order valence-corrected chi connectivity index (χ0v) is 14.1. The highest BCUT2D eigenvalue weighted by atomic mass is 35.5. The Kier molecular flexibility index (Phi) is 5.27. The molecule has 0 saturated carbocycles. The van der Waals surface area contributed by atoms with Crippen molar-refractivity contribution in [1.82, 2.24) is 0 Å². The van der Waals surface area contributed by atoms with Crippen molar-refractivity contribution in [3.8, 4) is 0 Å². The quantitative estimate of drug-likeness (QED) is 0.684. The Balaban J connectivity index is 0.00000208. The first-order chi connectivity index (χ1) is 11.0. The fourth-order valence-electron chi connectivity index (χ4n) is 2.62. The van der Waals surface area contributed by atoms with Crippen molar-refractivity contribution in [3.05, 3.63) is 89.0 Å². The molecule has 5 N–H and O–H groups in total. The average Bonchev–Trinajstić information content (AvgIpc) is 2.55. The van der Waals surface area contributed by atoms with Gasteiger partial charge in [-0.05, 0) is 71.2 Å². The van der Waals surface area contributed by atoms with Crippen LogP contribution in [-0.2, 0) is 0 Å². The lowest BCUT2D eigenvalue weighted by Crippen LogP contribution is -2.01. The van der Waals surface area contributed by atoms with Gasteiger partial charge in [-0.1, -0.05) is 30.3 Å². The molecular weight excluding hydrogens is 318 g/mol. The summed E-state index contributed by atoms with van der Waals surface area (Å²) in [6.45, 7) is 1.95. The number of anilines is 2. The second-order valence-electron chi connectivity index (χ2n) is 5.65. The average molecular weight is 337 g/mol. The minimum Gasteiger partial charge on any atom is -0.399 e. The third kappa shape index (κ3) is 3.58. The summed E-state index contributed by atoms with van der Waals surface area (Å²) in [5, 5.41) is 7.88. The second-order valence-corrected chi connectivity index (χ2v) is 5.65. The van der Waals surface area contributed by atoms with Crippen molar-refractivity contribution in [1.29, 1.82) is 5.41 Å². The standard InChI is InChI=1S/C20H19N3.Cl/c1-13-12-16(6-11-19(13)23)20(14-2-7-17(21)8-3-14)15-4-9-18(22)10-5-15;/h2-12,23H,21-22H2,1H3;. The molecule has 0 spiro atoms. The molecule has 0 heterocycles. The van der Waals surface area contributed by atoms with Gasteiger partial charge in [0.15, 0.2) is 0 Å². The normalized spacial score (nSPS) is 13.3. The number of nitrogens with one attached hydrogen (secondary N) is 1. The van der Waals surface area contributed by atoms with E-state index in [1.165, 1.54) is 0 Å². The van der Waals surface area contributed by atoms with Crippen LogP contribution in [0.15, 0.2) is 77.9 Å². The van der Waals surface area contributed by atoms with Gasteiger partial charge in [-0.3, -0.25) is 0 Å². The van der Waals surface area contributed by atoms with Gasteiger partial charge in [0, 0.05) is 23.8 Å². The van der Waals surface area contributed by atoms with E-state index in [1.807, 2.05) is 73.7 Å². The number of hydrogen-bond acceptors (Lipinski definition) is 3.